The summed E-state index contributed by atoms with van der Waals surface area (Å²) >= 11 is 3.36. The largest absolute Gasteiger partial charge is 0.271 e. The summed E-state index contributed by atoms with van der Waals surface area (Å²) in [6.45, 7) is 2.04. The van der Waals surface area contributed by atoms with E-state index in [2.05, 4.69) is 26.6 Å². The van der Waals surface area contributed by atoms with E-state index >= 15 is 0 Å². The maximum absolute atomic E-state index is 12.6. The maximum Gasteiger partial charge on any atom is 0.271 e. The number of aliphatic imine (C=N–C) groups is 1. The zero-order chi connectivity index (χ0) is 15.1. The van der Waals surface area contributed by atoms with Crippen LogP contribution in [0.5, 0.6) is 0 Å². The van der Waals surface area contributed by atoms with Crippen molar-refractivity contribution in [1.82, 2.24) is 9.78 Å². The molecule has 2 aromatic heterocycles. The number of thiophene rings is 1. The van der Waals surface area contributed by atoms with Gasteiger partial charge in [-0.15, -0.1) is 0 Å². The number of hydrogen-bond acceptors (Lipinski definition) is 4. The van der Waals surface area contributed by atoms with Gasteiger partial charge in [-0.1, -0.05) is 31.0 Å². The Morgan fingerprint density at radius 1 is 1.32 bits per heavy atom. The van der Waals surface area contributed by atoms with Crippen molar-refractivity contribution in [3.63, 3.8) is 0 Å². The van der Waals surface area contributed by atoms with Crippen LogP contribution >= 0.6 is 23.1 Å². The Balaban J connectivity index is 1.82. The Morgan fingerprint density at radius 3 is 2.86 bits per heavy atom. The van der Waals surface area contributed by atoms with Gasteiger partial charge in [0.2, 0.25) is 0 Å². The SMILES string of the molecule is CC1=Nc2c(c(=O)[nH]n2C2CCCCC2)C(c2ccsc2)S1. The van der Waals surface area contributed by atoms with Gasteiger partial charge in [0.05, 0.1) is 21.9 Å². The smallest absolute Gasteiger partial charge is 0.268 e. The van der Waals surface area contributed by atoms with Gasteiger partial charge in [-0.2, -0.15) is 11.3 Å². The Kier molecular flexibility index (Phi) is 3.74. The first-order valence-corrected chi connectivity index (χ1v) is 9.64. The molecule has 22 heavy (non-hydrogen) atoms. The van der Waals surface area contributed by atoms with Crippen LogP contribution < -0.4 is 5.56 Å². The molecule has 0 spiro atoms. The molecule has 2 aliphatic rings. The van der Waals surface area contributed by atoms with Gasteiger partial charge in [0, 0.05) is 0 Å². The summed E-state index contributed by atoms with van der Waals surface area (Å²) in [6.07, 6.45) is 6.07. The molecule has 2 aromatic rings. The predicted octanol–water partition coefficient (Wildman–Crippen LogP) is 4.63. The molecule has 1 aliphatic carbocycles. The highest BCUT2D eigenvalue weighted by Gasteiger charge is 2.32. The number of fused-ring (bicyclic) bond motifs is 1. The third kappa shape index (κ3) is 2.38. The lowest BCUT2D eigenvalue weighted by molar-refractivity contribution is 0.331. The van der Waals surface area contributed by atoms with Crippen LogP contribution in [0.15, 0.2) is 26.6 Å². The summed E-state index contributed by atoms with van der Waals surface area (Å²) in [4.78, 5) is 17.3. The molecule has 4 nitrogen and oxygen atoms in total. The minimum absolute atomic E-state index is 0.0283. The van der Waals surface area contributed by atoms with Crippen LogP contribution in [0.3, 0.4) is 0 Å². The van der Waals surface area contributed by atoms with Crippen molar-refractivity contribution in [1.29, 1.82) is 0 Å². The number of aromatic nitrogens is 2. The van der Waals surface area contributed by atoms with Crippen LogP contribution in [0.2, 0.25) is 0 Å². The summed E-state index contributed by atoms with van der Waals surface area (Å²) in [7, 11) is 0. The molecular weight excluding hydrogens is 314 g/mol. The van der Waals surface area contributed by atoms with E-state index in [0.29, 0.717) is 6.04 Å². The molecule has 4 rings (SSSR count). The van der Waals surface area contributed by atoms with Crippen molar-refractivity contribution in [2.75, 3.05) is 0 Å². The number of nitrogens with one attached hydrogen (secondary N) is 1. The first-order chi connectivity index (χ1) is 10.7. The average molecular weight is 333 g/mol. The Labute approximate surface area is 137 Å². The normalized spacial score (nSPS) is 22.4. The summed E-state index contributed by atoms with van der Waals surface area (Å²) in [5, 5.41) is 8.40. The van der Waals surface area contributed by atoms with Crippen molar-refractivity contribution >= 4 is 34.0 Å². The Morgan fingerprint density at radius 2 is 2.14 bits per heavy atom. The van der Waals surface area contributed by atoms with E-state index in [9.17, 15) is 4.79 Å². The zero-order valence-corrected chi connectivity index (χ0v) is 14.2. The topological polar surface area (TPSA) is 50.1 Å². The lowest BCUT2D eigenvalue weighted by Gasteiger charge is -2.25. The van der Waals surface area contributed by atoms with Gasteiger partial charge in [-0.05, 0) is 42.2 Å². The molecule has 6 heteroatoms. The summed E-state index contributed by atoms with van der Waals surface area (Å²) in [5.41, 5.74) is 2.07. The third-order valence-corrected chi connectivity index (χ3v) is 6.41. The third-order valence-electron chi connectivity index (χ3n) is 4.54. The standard InChI is InChI=1S/C16H19N3OS2/c1-10-17-15-13(14(22-10)11-7-8-21-9-11)16(20)18-19(15)12-5-3-2-4-6-12/h7-9,12,14H,2-6H2,1H3,(H,18,20). The molecule has 0 amide bonds. The maximum atomic E-state index is 12.6. The average Bonchev–Trinajstić information content (AvgIpc) is 3.16. The van der Waals surface area contributed by atoms with Gasteiger partial charge in [0.15, 0.2) is 5.82 Å². The minimum Gasteiger partial charge on any atom is -0.268 e. The molecular formula is C16H19N3OS2. The number of aromatic amines is 1. The lowest BCUT2D eigenvalue weighted by Crippen LogP contribution is -2.16. The van der Waals surface area contributed by atoms with Gasteiger partial charge in [-0.3, -0.25) is 14.6 Å². The first kappa shape index (κ1) is 14.3. The van der Waals surface area contributed by atoms with E-state index in [1.54, 1.807) is 23.1 Å². The highest BCUT2D eigenvalue weighted by Crippen LogP contribution is 2.45. The van der Waals surface area contributed by atoms with Crippen molar-refractivity contribution < 1.29 is 0 Å². The molecule has 0 saturated heterocycles. The molecule has 1 fully saturated rings. The minimum atomic E-state index is 0.0283. The van der Waals surface area contributed by atoms with Gasteiger partial charge in [-0.25, -0.2) is 4.99 Å². The summed E-state index contributed by atoms with van der Waals surface area (Å²) in [6, 6.07) is 2.51. The number of nitrogens with zero attached hydrogens (tertiary/aromatic N) is 2. The van der Waals surface area contributed by atoms with Crippen molar-refractivity contribution in [2.24, 2.45) is 4.99 Å². The monoisotopic (exact) mass is 333 g/mol. The molecule has 116 valence electrons. The second-order valence-corrected chi connectivity index (χ2v) is 8.10. The van der Waals surface area contributed by atoms with E-state index in [1.165, 1.54) is 24.8 Å². The number of rotatable bonds is 2. The molecule has 1 unspecified atom stereocenters. The molecule has 1 N–H and O–H groups in total. The number of thioether (sulfide) groups is 1. The van der Waals surface area contributed by atoms with Crippen molar-refractivity contribution in [2.45, 2.75) is 50.3 Å². The summed E-state index contributed by atoms with van der Waals surface area (Å²) < 4.78 is 2.05. The first-order valence-electron chi connectivity index (χ1n) is 7.82. The van der Waals surface area contributed by atoms with Crippen LogP contribution in [0.4, 0.5) is 5.82 Å². The predicted molar refractivity (Wildman–Crippen MR) is 93.7 cm³/mol. The second-order valence-electron chi connectivity index (χ2n) is 6.03. The highest BCUT2D eigenvalue weighted by molar-refractivity contribution is 8.14. The zero-order valence-electron chi connectivity index (χ0n) is 12.5. The molecule has 3 heterocycles. The van der Waals surface area contributed by atoms with Crippen molar-refractivity contribution in [3.05, 3.63) is 38.3 Å². The number of hydrogen-bond donors (Lipinski definition) is 1. The van der Waals surface area contributed by atoms with Crippen molar-refractivity contribution in [3.8, 4) is 0 Å². The molecule has 0 aromatic carbocycles. The van der Waals surface area contributed by atoms with E-state index in [0.717, 1.165) is 29.3 Å². The highest BCUT2D eigenvalue weighted by atomic mass is 32.2. The van der Waals surface area contributed by atoms with E-state index in [1.807, 2.05) is 6.92 Å². The second kappa shape index (κ2) is 5.74. The summed E-state index contributed by atoms with van der Waals surface area (Å²) in [5.74, 6) is 0.865. The fourth-order valence-electron chi connectivity index (χ4n) is 3.47. The Hall–Kier alpha value is -1.27. The van der Waals surface area contributed by atoms with Crippen LogP contribution in [0, 0.1) is 0 Å². The lowest BCUT2D eigenvalue weighted by atomic mass is 9.95. The number of H-pyrrole nitrogens is 1. The van der Waals surface area contributed by atoms with Crippen LogP contribution in [0.25, 0.3) is 0 Å². The van der Waals surface area contributed by atoms with E-state index in [4.69, 9.17) is 4.99 Å². The quantitative estimate of drug-likeness (QED) is 0.871. The van der Waals surface area contributed by atoms with Gasteiger partial charge in [0.25, 0.3) is 5.56 Å². The molecule has 0 bridgehead atoms. The van der Waals surface area contributed by atoms with Gasteiger partial charge in [0.1, 0.15) is 0 Å². The Bertz CT molecular complexity index is 751. The molecule has 1 saturated carbocycles. The van der Waals surface area contributed by atoms with Crippen LogP contribution in [0.1, 0.15) is 61.4 Å². The van der Waals surface area contributed by atoms with Crippen LogP contribution in [-0.4, -0.2) is 14.8 Å². The van der Waals surface area contributed by atoms with Crippen LogP contribution in [-0.2, 0) is 0 Å². The molecule has 0 radical (unpaired) electrons. The fraction of sp³-hybridized carbons (Fsp3) is 0.500. The van der Waals surface area contributed by atoms with Gasteiger partial charge >= 0.3 is 0 Å². The molecule has 1 atom stereocenters. The van der Waals surface area contributed by atoms with E-state index < -0.39 is 0 Å². The fourth-order valence-corrected chi connectivity index (χ4v) is 5.34. The van der Waals surface area contributed by atoms with E-state index in [-0.39, 0.29) is 10.8 Å². The van der Waals surface area contributed by atoms with Gasteiger partial charge < -0.3 is 0 Å². The molecule has 1 aliphatic heterocycles.